The smallest absolute Gasteiger partial charge is 0.339 e. The Balaban J connectivity index is 1.71. The van der Waals surface area contributed by atoms with Crippen molar-refractivity contribution in [3.05, 3.63) is 144 Å². The van der Waals surface area contributed by atoms with Gasteiger partial charge in [-0.05, 0) is 48.5 Å². The van der Waals surface area contributed by atoms with Crippen molar-refractivity contribution in [3.8, 4) is 0 Å². The van der Waals surface area contributed by atoms with Gasteiger partial charge >= 0.3 is 23.9 Å². The molecule has 45 heavy (non-hydrogen) atoms. The van der Waals surface area contributed by atoms with Crippen LogP contribution in [0.4, 0.5) is 0 Å². The Morgan fingerprint density at radius 1 is 0.511 bits per heavy atom. The average molecular weight is 629 g/mol. The fraction of sp³-hybridized carbons (Fsp3) is 0.147. The molecule has 4 atom stereocenters. The molecule has 0 aliphatic carbocycles. The Labute approximate surface area is 263 Å². The summed E-state index contributed by atoms with van der Waals surface area (Å²) in [7, 11) is 0. The van der Waals surface area contributed by atoms with Gasteiger partial charge in [0.1, 0.15) is 12.7 Å². The van der Waals surface area contributed by atoms with Crippen molar-refractivity contribution in [1.29, 1.82) is 0 Å². The van der Waals surface area contributed by atoms with E-state index in [-0.39, 0.29) is 22.3 Å². The van der Waals surface area contributed by atoms with Crippen molar-refractivity contribution < 1.29 is 48.0 Å². The van der Waals surface area contributed by atoms with E-state index >= 15 is 0 Å². The second-order valence-electron chi connectivity index (χ2n) is 9.53. The Morgan fingerprint density at radius 3 is 1.22 bits per heavy atom. The van der Waals surface area contributed by atoms with E-state index in [4.69, 9.17) is 18.9 Å². The van der Waals surface area contributed by atoms with E-state index < -0.39 is 60.0 Å². The number of aliphatic hydroxyl groups is 1. The molecule has 4 rings (SSSR count). The van der Waals surface area contributed by atoms with E-state index in [1.54, 1.807) is 72.8 Å². The van der Waals surface area contributed by atoms with Crippen LogP contribution in [0.25, 0.3) is 0 Å². The minimum atomic E-state index is -1.98. The maximum atomic E-state index is 13.3. The lowest BCUT2D eigenvalue weighted by Gasteiger charge is -2.33. The molecule has 0 amide bonds. The SMILES string of the molecule is O=C(OCC(O)C(OC(=O)c1ccccc1)C(OC(=O)c1ccccc1)C(OC(=O)c1ccccc1)C(=O)S)c1ccccc1. The van der Waals surface area contributed by atoms with Crippen LogP contribution in [0.5, 0.6) is 0 Å². The molecule has 0 aliphatic rings. The minimum Gasteiger partial charge on any atom is -0.459 e. The summed E-state index contributed by atoms with van der Waals surface area (Å²) in [6.07, 6.45) is -7.72. The highest BCUT2D eigenvalue weighted by atomic mass is 32.1. The van der Waals surface area contributed by atoms with Gasteiger partial charge < -0.3 is 24.1 Å². The summed E-state index contributed by atoms with van der Waals surface area (Å²) in [5, 5.41) is 10.2. The summed E-state index contributed by atoms with van der Waals surface area (Å²) in [5.74, 6) is -3.76. The standard InChI is InChI=1S/C34H28O10S/c35-26(21-41-30(36)22-13-5-1-6-14-22)27(42-31(37)23-15-7-2-8-16-23)28(43-32(38)24-17-9-3-10-18-24)29(34(40)45)44-33(39)25-19-11-4-12-20-25/h1-20,26-29,35H,21H2,(H,40,45). The summed E-state index contributed by atoms with van der Waals surface area (Å²) in [6, 6.07) is 30.9. The van der Waals surface area contributed by atoms with Gasteiger partial charge in [0, 0.05) is 0 Å². The predicted molar refractivity (Wildman–Crippen MR) is 164 cm³/mol. The number of carbonyl (C=O) groups excluding carboxylic acids is 5. The monoisotopic (exact) mass is 628 g/mol. The topological polar surface area (TPSA) is 143 Å². The highest BCUT2D eigenvalue weighted by Gasteiger charge is 2.45. The molecule has 11 heteroatoms. The number of esters is 4. The fourth-order valence-corrected chi connectivity index (χ4v) is 4.33. The molecule has 4 aromatic carbocycles. The second-order valence-corrected chi connectivity index (χ2v) is 9.97. The molecule has 0 aromatic heterocycles. The number of rotatable bonds is 13. The molecule has 10 nitrogen and oxygen atoms in total. The molecule has 0 saturated heterocycles. The largest absolute Gasteiger partial charge is 0.459 e. The van der Waals surface area contributed by atoms with Crippen LogP contribution >= 0.6 is 12.6 Å². The molecule has 0 spiro atoms. The number of thiol groups is 1. The molecule has 0 fully saturated rings. The van der Waals surface area contributed by atoms with Crippen LogP contribution < -0.4 is 0 Å². The maximum Gasteiger partial charge on any atom is 0.339 e. The Hall–Kier alpha value is -5.26. The first-order valence-electron chi connectivity index (χ1n) is 13.7. The average Bonchev–Trinajstić information content (AvgIpc) is 3.08. The molecule has 1 N–H and O–H groups in total. The van der Waals surface area contributed by atoms with Gasteiger partial charge in [-0.3, -0.25) is 4.79 Å². The van der Waals surface area contributed by atoms with Gasteiger partial charge in [0.15, 0.2) is 12.2 Å². The zero-order valence-electron chi connectivity index (χ0n) is 23.6. The number of aliphatic hydroxyl groups excluding tert-OH is 1. The number of benzene rings is 4. The third kappa shape index (κ3) is 9.12. The zero-order chi connectivity index (χ0) is 32.2. The van der Waals surface area contributed by atoms with Crippen LogP contribution in [0, 0.1) is 0 Å². The van der Waals surface area contributed by atoms with Crippen LogP contribution in [-0.2, 0) is 23.7 Å². The molecule has 4 unspecified atom stereocenters. The highest BCUT2D eigenvalue weighted by molar-refractivity contribution is 7.96. The maximum absolute atomic E-state index is 13.3. The molecule has 230 valence electrons. The summed E-state index contributed by atoms with van der Waals surface area (Å²) >= 11 is 3.87. The van der Waals surface area contributed by atoms with E-state index in [0.29, 0.717) is 0 Å². The van der Waals surface area contributed by atoms with Crippen molar-refractivity contribution in [1.82, 2.24) is 0 Å². The molecule has 0 heterocycles. The first-order valence-corrected chi connectivity index (χ1v) is 14.1. The Bertz CT molecular complexity index is 1600. The summed E-state index contributed by atoms with van der Waals surface area (Å²) in [6.45, 7) is -0.764. The molecule has 0 bridgehead atoms. The third-order valence-corrected chi connectivity index (χ3v) is 6.64. The second kappa shape index (κ2) is 16.0. The quantitative estimate of drug-likeness (QED) is 0.125. The lowest BCUT2D eigenvalue weighted by Crippen LogP contribution is -2.54. The molecule has 0 radical (unpaired) electrons. The van der Waals surface area contributed by atoms with Crippen molar-refractivity contribution in [2.45, 2.75) is 24.4 Å². The number of ether oxygens (including phenoxy) is 4. The summed E-state index contributed by atoms with van der Waals surface area (Å²) in [5.41, 5.74) is 0.328. The summed E-state index contributed by atoms with van der Waals surface area (Å²) < 4.78 is 22.0. The van der Waals surface area contributed by atoms with Gasteiger partial charge in [0.2, 0.25) is 11.2 Å². The first kappa shape index (κ1) is 32.6. The van der Waals surface area contributed by atoms with Crippen LogP contribution in [0.3, 0.4) is 0 Å². The molecule has 0 saturated carbocycles. The Kier molecular flexibility index (Phi) is 11.6. The first-order chi connectivity index (χ1) is 21.7. The van der Waals surface area contributed by atoms with Gasteiger partial charge in [-0.25, -0.2) is 19.2 Å². The van der Waals surface area contributed by atoms with Gasteiger partial charge in [-0.2, -0.15) is 0 Å². The fourth-order valence-electron chi connectivity index (χ4n) is 4.13. The number of hydrogen-bond acceptors (Lipinski definition) is 10. The predicted octanol–water partition coefficient (Wildman–Crippen LogP) is 4.34. The summed E-state index contributed by atoms with van der Waals surface area (Å²) in [4.78, 5) is 65.0. The van der Waals surface area contributed by atoms with E-state index in [2.05, 4.69) is 12.6 Å². The zero-order valence-corrected chi connectivity index (χ0v) is 24.5. The lowest BCUT2D eigenvalue weighted by molar-refractivity contribution is -0.144. The van der Waals surface area contributed by atoms with E-state index in [1.807, 2.05) is 0 Å². The van der Waals surface area contributed by atoms with Crippen LogP contribution in [0.1, 0.15) is 41.4 Å². The molecule has 4 aromatic rings. The Morgan fingerprint density at radius 2 is 0.844 bits per heavy atom. The normalized spacial score (nSPS) is 13.3. The van der Waals surface area contributed by atoms with Crippen LogP contribution in [0.2, 0.25) is 0 Å². The van der Waals surface area contributed by atoms with Crippen molar-refractivity contribution in [3.63, 3.8) is 0 Å². The number of hydrogen-bond donors (Lipinski definition) is 2. The lowest BCUT2D eigenvalue weighted by atomic mass is 10.0. The molecular weight excluding hydrogens is 600 g/mol. The third-order valence-electron chi connectivity index (χ3n) is 6.39. The number of carbonyl (C=O) groups is 5. The highest BCUT2D eigenvalue weighted by Crippen LogP contribution is 2.23. The van der Waals surface area contributed by atoms with E-state index in [0.717, 1.165) is 0 Å². The van der Waals surface area contributed by atoms with Gasteiger partial charge in [0.05, 0.1) is 22.3 Å². The molecule has 0 aliphatic heterocycles. The van der Waals surface area contributed by atoms with Gasteiger partial charge in [-0.15, -0.1) is 12.6 Å². The van der Waals surface area contributed by atoms with E-state index in [1.165, 1.54) is 48.5 Å². The van der Waals surface area contributed by atoms with Gasteiger partial charge in [0.25, 0.3) is 0 Å². The van der Waals surface area contributed by atoms with Crippen LogP contribution in [-0.4, -0.2) is 65.1 Å². The van der Waals surface area contributed by atoms with Gasteiger partial charge in [-0.1, -0.05) is 72.8 Å². The van der Waals surface area contributed by atoms with E-state index in [9.17, 15) is 29.1 Å². The van der Waals surface area contributed by atoms with Crippen LogP contribution in [0.15, 0.2) is 121 Å². The van der Waals surface area contributed by atoms with Crippen molar-refractivity contribution in [2.24, 2.45) is 0 Å². The van der Waals surface area contributed by atoms with Crippen molar-refractivity contribution >= 4 is 41.6 Å². The van der Waals surface area contributed by atoms with Crippen molar-refractivity contribution in [2.75, 3.05) is 6.61 Å². The minimum absolute atomic E-state index is 0.0420. The molecular formula is C34H28O10S.